The molecule has 0 aliphatic heterocycles. The van der Waals surface area contributed by atoms with Crippen molar-refractivity contribution in [2.75, 3.05) is 10.6 Å². The molecule has 4 aromatic rings. The fourth-order valence-corrected chi connectivity index (χ4v) is 2.76. The molecule has 2 amide bonds. The Kier molecular flexibility index (Phi) is 4.66. The summed E-state index contributed by atoms with van der Waals surface area (Å²) in [5, 5.41) is 6.66. The number of urea groups is 1. The molecule has 3 aromatic carbocycles. The number of hydrogen-bond donors (Lipinski definition) is 2. The van der Waals surface area contributed by atoms with Crippen molar-refractivity contribution >= 4 is 28.3 Å². The Morgan fingerprint density at radius 1 is 0.741 bits per heavy atom. The van der Waals surface area contributed by atoms with Gasteiger partial charge in [0, 0.05) is 11.6 Å². The van der Waals surface area contributed by atoms with E-state index in [1.165, 1.54) is 0 Å². The van der Waals surface area contributed by atoms with Crippen molar-refractivity contribution in [2.45, 2.75) is 0 Å². The second-order valence-corrected chi connectivity index (χ2v) is 5.87. The normalized spacial score (nSPS) is 10.4. The minimum Gasteiger partial charge on any atom is -0.455 e. The Labute approximate surface area is 156 Å². The summed E-state index contributed by atoms with van der Waals surface area (Å²) in [5.41, 5.74) is 1.96. The minimum absolute atomic E-state index is 0.364. The zero-order valence-corrected chi connectivity index (χ0v) is 14.4. The number of amides is 2. The van der Waals surface area contributed by atoms with E-state index in [0.717, 1.165) is 10.9 Å². The highest BCUT2D eigenvalue weighted by atomic mass is 16.5. The van der Waals surface area contributed by atoms with Crippen LogP contribution in [0, 0.1) is 0 Å². The molecular formula is C22H17N3O2. The van der Waals surface area contributed by atoms with Gasteiger partial charge in [0.2, 0.25) is 0 Å². The lowest BCUT2D eigenvalue weighted by molar-refractivity contribution is 0.262. The monoisotopic (exact) mass is 355 g/mol. The second kappa shape index (κ2) is 7.58. The van der Waals surface area contributed by atoms with Crippen molar-refractivity contribution in [1.82, 2.24) is 4.98 Å². The number of carbonyl (C=O) groups excluding carboxylic acids is 1. The summed E-state index contributed by atoms with van der Waals surface area (Å²) in [4.78, 5) is 16.9. The van der Waals surface area contributed by atoms with Gasteiger partial charge < -0.3 is 15.4 Å². The Bertz CT molecular complexity index is 1080. The molecule has 1 heterocycles. The Balaban J connectivity index is 1.53. The number of aromatic nitrogens is 1. The minimum atomic E-state index is -0.364. The van der Waals surface area contributed by atoms with Crippen molar-refractivity contribution < 1.29 is 9.53 Å². The summed E-state index contributed by atoms with van der Waals surface area (Å²) in [6.45, 7) is 0. The van der Waals surface area contributed by atoms with Crippen LogP contribution in [-0.4, -0.2) is 11.0 Å². The van der Waals surface area contributed by atoms with Gasteiger partial charge in [-0.25, -0.2) is 4.79 Å². The van der Waals surface area contributed by atoms with Gasteiger partial charge in [-0.3, -0.25) is 4.98 Å². The van der Waals surface area contributed by atoms with E-state index in [0.29, 0.717) is 22.9 Å². The zero-order valence-electron chi connectivity index (χ0n) is 14.4. The molecule has 4 rings (SSSR count). The van der Waals surface area contributed by atoms with Gasteiger partial charge in [0.1, 0.15) is 5.75 Å². The number of carbonyl (C=O) groups is 1. The van der Waals surface area contributed by atoms with Crippen LogP contribution in [0.3, 0.4) is 0 Å². The van der Waals surface area contributed by atoms with Crippen LogP contribution < -0.4 is 15.4 Å². The molecule has 27 heavy (non-hydrogen) atoms. The van der Waals surface area contributed by atoms with Crippen LogP contribution in [0.25, 0.3) is 10.9 Å². The third-order valence-corrected chi connectivity index (χ3v) is 3.99. The highest BCUT2D eigenvalue weighted by Gasteiger charge is 2.10. The smallest absolute Gasteiger partial charge is 0.323 e. The fourth-order valence-electron chi connectivity index (χ4n) is 2.76. The quantitative estimate of drug-likeness (QED) is 0.496. The summed E-state index contributed by atoms with van der Waals surface area (Å²) in [6, 6.07) is 25.8. The van der Waals surface area contributed by atoms with E-state index < -0.39 is 0 Å². The van der Waals surface area contributed by atoms with Gasteiger partial charge in [-0.2, -0.15) is 0 Å². The number of rotatable bonds is 4. The van der Waals surface area contributed by atoms with Gasteiger partial charge in [0.25, 0.3) is 0 Å². The van der Waals surface area contributed by atoms with E-state index in [1.807, 2.05) is 78.9 Å². The Morgan fingerprint density at radius 2 is 1.44 bits per heavy atom. The van der Waals surface area contributed by atoms with E-state index in [2.05, 4.69) is 15.6 Å². The number of pyridine rings is 1. The van der Waals surface area contributed by atoms with Gasteiger partial charge in [-0.05, 0) is 36.4 Å². The molecular weight excluding hydrogens is 338 g/mol. The third-order valence-electron chi connectivity index (χ3n) is 3.99. The maximum atomic E-state index is 12.5. The van der Waals surface area contributed by atoms with Gasteiger partial charge in [0.15, 0.2) is 5.75 Å². The second-order valence-electron chi connectivity index (χ2n) is 5.87. The Morgan fingerprint density at radius 3 is 2.33 bits per heavy atom. The maximum Gasteiger partial charge on any atom is 0.323 e. The van der Waals surface area contributed by atoms with Gasteiger partial charge in [-0.1, -0.05) is 48.5 Å². The average molecular weight is 355 g/mol. The van der Waals surface area contributed by atoms with E-state index >= 15 is 0 Å². The van der Waals surface area contributed by atoms with Crippen LogP contribution >= 0.6 is 0 Å². The summed E-state index contributed by atoms with van der Waals surface area (Å²) in [5.74, 6) is 1.26. The standard InChI is InChI=1S/C22H17N3O2/c26-22(25-19-13-6-8-16-9-7-15-23-21(16)19)24-18-12-4-5-14-20(18)27-17-10-2-1-3-11-17/h1-15H,(H2,24,25,26). The Hall–Kier alpha value is -3.86. The van der Waals surface area contributed by atoms with Crippen molar-refractivity contribution in [3.05, 3.63) is 91.1 Å². The maximum absolute atomic E-state index is 12.5. The number of hydrogen-bond acceptors (Lipinski definition) is 3. The van der Waals surface area contributed by atoms with Crippen molar-refractivity contribution in [2.24, 2.45) is 0 Å². The van der Waals surface area contributed by atoms with E-state index in [1.54, 1.807) is 12.3 Å². The predicted octanol–water partition coefficient (Wildman–Crippen LogP) is 5.67. The number of para-hydroxylation sites is 4. The van der Waals surface area contributed by atoms with Gasteiger partial charge in [-0.15, -0.1) is 0 Å². The molecule has 132 valence electrons. The van der Waals surface area contributed by atoms with Crippen LogP contribution in [0.4, 0.5) is 16.2 Å². The SMILES string of the molecule is O=C(Nc1ccccc1Oc1ccccc1)Nc1cccc2cccnc12. The molecule has 5 nitrogen and oxygen atoms in total. The summed E-state index contributed by atoms with van der Waals surface area (Å²) >= 11 is 0. The molecule has 1 aromatic heterocycles. The van der Waals surface area contributed by atoms with E-state index in [4.69, 9.17) is 4.74 Å². The topological polar surface area (TPSA) is 63.2 Å². The molecule has 0 fully saturated rings. The highest BCUT2D eigenvalue weighted by Crippen LogP contribution is 2.29. The molecule has 0 saturated carbocycles. The largest absolute Gasteiger partial charge is 0.455 e. The van der Waals surface area contributed by atoms with Crippen molar-refractivity contribution in [1.29, 1.82) is 0 Å². The lowest BCUT2D eigenvalue weighted by Crippen LogP contribution is -2.20. The first-order valence-corrected chi connectivity index (χ1v) is 8.53. The molecule has 2 N–H and O–H groups in total. The lowest BCUT2D eigenvalue weighted by atomic mass is 10.2. The summed E-state index contributed by atoms with van der Waals surface area (Å²) in [6.07, 6.45) is 1.70. The number of anilines is 2. The molecule has 0 spiro atoms. The number of benzene rings is 3. The van der Waals surface area contributed by atoms with E-state index in [-0.39, 0.29) is 6.03 Å². The number of nitrogens with zero attached hydrogens (tertiary/aromatic N) is 1. The average Bonchev–Trinajstić information content (AvgIpc) is 2.71. The lowest BCUT2D eigenvalue weighted by Gasteiger charge is -2.13. The van der Waals surface area contributed by atoms with Crippen LogP contribution in [0.15, 0.2) is 91.1 Å². The number of fused-ring (bicyclic) bond motifs is 1. The van der Waals surface area contributed by atoms with Crippen molar-refractivity contribution in [3.8, 4) is 11.5 Å². The molecule has 5 heteroatoms. The van der Waals surface area contributed by atoms with Crippen LogP contribution in [0.2, 0.25) is 0 Å². The van der Waals surface area contributed by atoms with Gasteiger partial charge in [0.05, 0.1) is 16.9 Å². The molecule has 0 radical (unpaired) electrons. The first kappa shape index (κ1) is 16.6. The molecule has 0 aliphatic carbocycles. The first-order valence-electron chi connectivity index (χ1n) is 8.53. The molecule has 0 unspecified atom stereocenters. The first-order chi connectivity index (χ1) is 13.3. The molecule has 0 saturated heterocycles. The molecule has 0 bridgehead atoms. The molecule has 0 atom stereocenters. The van der Waals surface area contributed by atoms with Crippen LogP contribution in [0.5, 0.6) is 11.5 Å². The van der Waals surface area contributed by atoms with Crippen molar-refractivity contribution in [3.63, 3.8) is 0 Å². The summed E-state index contributed by atoms with van der Waals surface area (Å²) in [7, 11) is 0. The van der Waals surface area contributed by atoms with Crippen LogP contribution in [0.1, 0.15) is 0 Å². The van der Waals surface area contributed by atoms with E-state index in [9.17, 15) is 4.79 Å². The van der Waals surface area contributed by atoms with Crippen LogP contribution in [-0.2, 0) is 0 Å². The zero-order chi connectivity index (χ0) is 18.5. The number of nitrogens with one attached hydrogen (secondary N) is 2. The predicted molar refractivity (Wildman–Crippen MR) is 107 cm³/mol. The molecule has 0 aliphatic rings. The third kappa shape index (κ3) is 3.88. The highest BCUT2D eigenvalue weighted by molar-refractivity contribution is 6.05. The number of ether oxygens (including phenoxy) is 1. The summed E-state index contributed by atoms with van der Waals surface area (Å²) < 4.78 is 5.88. The van der Waals surface area contributed by atoms with Gasteiger partial charge >= 0.3 is 6.03 Å². The fraction of sp³-hybridized carbons (Fsp3) is 0.